The quantitative estimate of drug-likeness (QED) is 0.743. The SMILES string of the molecule is Cl.O=C(CNCC1CC1)N1CCN2C(=O)NCC2C1. The highest BCUT2D eigenvalue weighted by Gasteiger charge is 2.36. The Labute approximate surface area is 119 Å². The van der Waals surface area contributed by atoms with Crippen LogP contribution in [0.4, 0.5) is 4.79 Å². The fourth-order valence-corrected chi connectivity index (χ4v) is 2.65. The van der Waals surface area contributed by atoms with Crippen LogP contribution in [0.25, 0.3) is 0 Å². The third-order valence-electron chi connectivity index (χ3n) is 3.99. The van der Waals surface area contributed by atoms with Gasteiger partial charge in [-0.1, -0.05) is 0 Å². The lowest BCUT2D eigenvalue weighted by molar-refractivity contribution is -0.132. The molecule has 2 heterocycles. The second kappa shape index (κ2) is 5.96. The molecule has 1 saturated carbocycles. The molecule has 108 valence electrons. The fraction of sp³-hybridized carbons (Fsp3) is 0.833. The number of carbonyl (C=O) groups is 2. The van der Waals surface area contributed by atoms with E-state index < -0.39 is 0 Å². The Morgan fingerprint density at radius 2 is 2.16 bits per heavy atom. The molecule has 2 saturated heterocycles. The molecule has 0 aromatic heterocycles. The number of nitrogens with one attached hydrogen (secondary N) is 2. The topological polar surface area (TPSA) is 64.7 Å². The maximum atomic E-state index is 12.0. The molecule has 0 aromatic rings. The van der Waals surface area contributed by atoms with Crippen LogP contribution in [0.3, 0.4) is 0 Å². The van der Waals surface area contributed by atoms with Crippen LogP contribution in [-0.4, -0.2) is 67.0 Å². The summed E-state index contributed by atoms with van der Waals surface area (Å²) in [6.45, 7) is 4.05. The number of rotatable bonds is 4. The Balaban J connectivity index is 0.00000133. The third kappa shape index (κ3) is 3.30. The molecule has 7 heteroatoms. The lowest BCUT2D eigenvalue weighted by atomic mass is 10.2. The zero-order valence-corrected chi connectivity index (χ0v) is 11.7. The highest BCUT2D eigenvalue weighted by Crippen LogP contribution is 2.27. The van der Waals surface area contributed by atoms with Crippen LogP contribution in [0.2, 0.25) is 0 Å². The van der Waals surface area contributed by atoms with Crippen LogP contribution in [0.5, 0.6) is 0 Å². The van der Waals surface area contributed by atoms with Gasteiger partial charge in [0.15, 0.2) is 0 Å². The minimum atomic E-state index is 0. The highest BCUT2D eigenvalue weighted by atomic mass is 35.5. The minimum absolute atomic E-state index is 0. The first-order valence-corrected chi connectivity index (χ1v) is 6.77. The largest absolute Gasteiger partial charge is 0.338 e. The van der Waals surface area contributed by atoms with Crippen molar-refractivity contribution in [2.45, 2.75) is 18.9 Å². The molecule has 6 nitrogen and oxygen atoms in total. The van der Waals surface area contributed by atoms with Crippen molar-refractivity contribution in [1.82, 2.24) is 20.4 Å². The first kappa shape index (κ1) is 14.4. The van der Waals surface area contributed by atoms with Crippen molar-refractivity contribution in [2.75, 3.05) is 39.3 Å². The Kier molecular flexibility index (Phi) is 4.52. The van der Waals surface area contributed by atoms with E-state index in [1.54, 1.807) is 0 Å². The Morgan fingerprint density at radius 1 is 1.37 bits per heavy atom. The van der Waals surface area contributed by atoms with Crippen LogP contribution >= 0.6 is 12.4 Å². The van der Waals surface area contributed by atoms with Crippen molar-refractivity contribution in [1.29, 1.82) is 0 Å². The molecule has 1 unspecified atom stereocenters. The predicted octanol–water partition coefficient (Wildman–Crippen LogP) is -0.356. The molecular weight excluding hydrogens is 268 g/mol. The summed E-state index contributed by atoms with van der Waals surface area (Å²) < 4.78 is 0. The van der Waals surface area contributed by atoms with Gasteiger partial charge in [-0.05, 0) is 25.3 Å². The molecule has 3 aliphatic rings. The monoisotopic (exact) mass is 288 g/mol. The molecule has 19 heavy (non-hydrogen) atoms. The van der Waals surface area contributed by atoms with E-state index in [2.05, 4.69) is 10.6 Å². The van der Waals surface area contributed by atoms with E-state index in [9.17, 15) is 9.59 Å². The fourth-order valence-electron chi connectivity index (χ4n) is 2.65. The number of amides is 3. The third-order valence-corrected chi connectivity index (χ3v) is 3.99. The van der Waals surface area contributed by atoms with Gasteiger partial charge in [-0.15, -0.1) is 12.4 Å². The zero-order chi connectivity index (χ0) is 12.5. The van der Waals surface area contributed by atoms with Crippen LogP contribution in [-0.2, 0) is 4.79 Å². The van der Waals surface area contributed by atoms with Gasteiger partial charge in [0, 0.05) is 26.2 Å². The first-order chi connectivity index (χ1) is 8.74. The van der Waals surface area contributed by atoms with Gasteiger partial charge in [-0.3, -0.25) is 4.79 Å². The molecule has 2 N–H and O–H groups in total. The average Bonchev–Trinajstić information content (AvgIpc) is 3.13. The van der Waals surface area contributed by atoms with E-state index in [4.69, 9.17) is 0 Å². The first-order valence-electron chi connectivity index (χ1n) is 6.77. The van der Waals surface area contributed by atoms with E-state index in [0.29, 0.717) is 32.7 Å². The predicted molar refractivity (Wildman–Crippen MR) is 73.3 cm³/mol. The summed E-state index contributed by atoms with van der Waals surface area (Å²) in [6, 6.07) is 0.178. The summed E-state index contributed by atoms with van der Waals surface area (Å²) in [5.74, 6) is 0.959. The average molecular weight is 289 g/mol. The van der Waals surface area contributed by atoms with Gasteiger partial charge in [0.1, 0.15) is 0 Å². The molecule has 1 atom stereocenters. The van der Waals surface area contributed by atoms with Crippen molar-refractivity contribution >= 4 is 24.3 Å². The van der Waals surface area contributed by atoms with E-state index in [0.717, 1.165) is 12.5 Å². The molecule has 0 aromatic carbocycles. The molecule has 3 fully saturated rings. The lowest BCUT2D eigenvalue weighted by Crippen LogP contribution is -2.55. The molecule has 3 amide bonds. The standard InChI is InChI=1S/C12H20N4O2.ClH/c17-11(7-13-5-9-1-2-9)15-3-4-16-10(8-15)6-14-12(16)18;/h9-10,13H,1-8H2,(H,14,18);1H. The number of hydrogen-bond donors (Lipinski definition) is 2. The van der Waals surface area contributed by atoms with Crippen LogP contribution < -0.4 is 10.6 Å². The van der Waals surface area contributed by atoms with Gasteiger partial charge in [-0.2, -0.15) is 0 Å². The summed E-state index contributed by atoms with van der Waals surface area (Å²) in [7, 11) is 0. The Bertz CT molecular complexity index is 362. The number of fused-ring (bicyclic) bond motifs is 1. The molecule has 0 bridgehead atoms. The normalized spacial score (nSPS) is 25.7. The number of carbonyl (C=O) groups excluding carboxylic acids is 2. The molecular formula is C12H21ClN4O2. The van der Waals surface area contributed by atoms with Crippen molar-refractivity contribution in [2.24, 2.45) is 5.92 Å². The number of piperazine rings is 1. The molecule has 0 radical (unpaired) electrons. The van der Waals surface area contributed by atoms with Crippen LogP contribution in [0.1, 0.15) is 12.8 Å². The van der Waals surface area contributed by atoms with Crippen LogP contribution in [0, 0.1) is 5.92 Å². The number of hydrogen-bond acceptors (Lipinski definition) is 3. The number of halogens is 1. The molecule has 2 aliphatic heterocycles. The minimum Gasteiger partial charge on any atom is -0.338 e. The number of nitrogens with zero attached hydrogens (tertiary/aromatic N) is 2. The van der Waals surface area contributed by atoms with E-state index in [-0.39, 0.29) is 30.4 Å². The lowest BCUT2D eigenvalue weighted by Gasteiger charge is -2.36. The van der Waals surface area contributed by atoms with Crippen LogP contribution in [0.15, 0.2) is 0 Å². The summed E-state index contributed by atoms with van der Waals surface area (Å²) in [4.78, 5) is 27.2. The van der Waals surface area contributed by atoms with E-state index in [1.165, 1.54) is 12.8 Å². The van der Waals surface area contributed by atoms with Crippen molar-refractivity contribution < 1.29 is 9.59 Å². The molecule has 3 rings (SSSR count). The maximum Gasteiger partial charge on any atom is 0.317 e. The van der Waals surface area contributed by atoms with Gasteiger partial charge < -0.3 is 20.4 Å². The summed E-state index contributed by atoms with van der Waals surface area (Å²) >= 11 is 0. The zero-order valence-electron chi connectivity index (χ0n) is 10.9. The van der Waals surface area contributed by atoms with E-state index >= 15 is 0 Å². The van der Waals surface area contributed by atoms with Crippen molar-refractivity contribution in [3.63, 3.8) is 0 Å². The molecule has 1 aliphatic carbocycles. The second-order valence-corrected chi connectivity index (χ2v) is 5.45. The van der Waals surface area contributed by atoms with Crippen molar-refractivity contribution in [3.05, 3.63) is 0 Å². The summed E-state index contributed by atoms with van der Waals surface area (Å²) in [5.41, 5.74) is 0. The van der Waals surface area contributed by atoms with Gasteiger partial charge >= 0.3 is 6.03 Å². The van der Waals surface area contributed by atoms with Gasteiger partial charge in [0.25, 0.3) is 0 Å². The highest BCUT2D eigenvalue weighted by molar-refractivity contribution is 5.85. The van der Waals surface area contributed by atoms with Gasteiger partial charge in [-0.25, -0.2) is 4.79 Å². The van der Waals surface area contributed by atoms with Crippen molar-refractivity contribution in [3.8, 4) is 0 Å². The number of urea groups is 1. The maximum absolute atomic E-state index is 12.0. The summed E-state index contributed by atoms with van der Waals surface area (Å²) in [5, 5.41) is 6.05. The smallest absolute Gasteiger partial charge is 0.317 e. The summed E-state index contributed by atoms with van der Waals surface area (Å²) in [6.07, 6.45) is 2.60. The van der Waals surface area contributed by atoms with Gasteiger partial charge in [0.05, 0.1) is 12.6 Å². The second-order valence-electron chi connectivity index (χ2n) is 5.45. The van der Waals surface area contributed by atoms with Gasteiger partial charge in [0.2, 0.25) is 5.91 Å². The Morgan fingerprint density at radius 3 is 2.89 bits per heavy atom. The van der Waals surface area contributed by atoms with E-state index in [1.807, 2.05) is 9.80 Å². The molecule has 0 spiro atoms. The Hall–Kier alpha value is -1.01.